The number of hydrogen-bond donors (Lipinski definition) is 2. The van der Waals surface area contributed by atoms with Gasteiger partial charge >= 0.3 is 0 Å². The number of aromatic nitrogens is 2. The molecule has 7 heteroatoms. The van der Waals surface area contributed by atoms with Crippen molar-refractivity contribution in [2.75, 3.05) is 23.8 Å². The van der Waals surface area contributed by atoms with Gasteiger partial charge in [0.25, 0.3) is 5.91 Å². The van der Waals surface area contributed by atoms with Crippen LogP contribution < -0.4 is 20.1 Å². The lowest BCUT2D eigenvalue weighted by atomic mass is 10.2. The number of amides is 1. The van der Waals surface area contributed by atoms with E-state index in [1.165, 1.54) is 0 Å². The second-order valence-corrected chi connectivity index (χ2v) is 6.49. The Morgan fingerprint density at radius 3 is 2.57 bits per heavy atom. The quantitative estimate of drug-likeness (QED) is 0.719. The molecule has 0 atom stereocenters. The largest absolute Gasteiger partial charge is 0.486 e. The van der Waals surface area contributed by atoms with Crippen LogP contribution in [0.5, 0.6) is 11.5 Å². The number of rotatable bonds is 4. The average Bonchev–Trinajstić information content (AvgIpc) is 2.67. The van der Waals surface area contributed by atoms with E-state index in [9.17, 15) is 4.79 Å². The van der Waals surface area contributed by atoms with Gasteiger partial charge < -0.3 is 20.1 Å². The van der Waals surface area contributed by atoms with E-state index in [2.05, 4.69) is 20.6 Å². The van der Waals surface area contributed by atoms with Crippen molar-refractivity contribution < 1.29 is 14.3 Å². The normalized spacial score (nSPS) is 12.4. The van der Waals surface area contributed by atoms with Crippen LogP contribution in [0.15, 0.2) is 48.5 Å². The predicted octanol–water partition coefficient (Wildman–Crippen LogP) is 3.86. The van der Waals surface area contributed by atoms with Crippen LogP contribution >= 0.6 is 0 Å². The highest BCUT2D eigenvalue weighted by atomic mass is 16.6. The molecule has 2 N–H and O–H groups in total. The minimum atomic E-state index is -0.325. The summed E-state index contributed by atoms with van der Waals surface area (Å²) in [6, 6.07) is 14.8. The Bertz CT molecular complexity index is 1040. The highest BCUT2D eigenvalue weighted by molar-refractivity contribution is 6.03. The zero-order chi connectivity index (χ0) is 19.5. The van der Waals surface area contributed by atoms with Gasteiger partial charge in [0.2, 0.25) is 0 Å². The van der Waals surface area contributed by atoms with Crippen LogP contribution in [-0.2, 0) is 0 Å². The Morgan fingerprint density at radius 2 is 1.75 bits per heavy atom. The van der Waals surface area contributed by atoms with Crippen LogP contribution in [0.2, 0.25) is 0 Å². The Hall–Kier alpha value is -3.61. The number of anilines is 3. The molecule has 0 saturated heterocycles. The van der Waals surface area contributed by atoms with Crippen LogP contribution in [0.1, 0.15) is 21.9 Å². The SMILES string of the molecule is Cc1cccc(Nc2cc(C(=O)Nc3ccc4c(c3)OCCO4)nc(C)n2)c1. The molecule has 7 nitrogen and oxygen atoms in total. The van der Waals surface area contributed by atoms with E-state index in [0.29, 0.717) is 42.0 Å². The first kappa shape index (κ1) is 17.8. The molecule has 2 heterocycles. The summed E-state index contributed by atoms with van der Waals surface area (Å²) in [6.45, 7) is 4.78. The van der Waals surface area contributed by atoms with E-state index in [4.69, 9.17) is 9.47 Å². The maximum Gasteiger partial charge on any atom is 0.274 e. The fourth-order valence-corrected chi connectivity index (χ4v) is 2.93. The second kappa shape index (κ2) is 7.56. The minimum Gasteiger partial charge on any atom is -0.486 e. The lowest BCUT2D eigenvalue weighted by molar-refractivity contribution is 0.102. The molecule has 0 fully saturated rings. The predicted molar refractivity (Wildman–Crippen MR) is 107 cm³/mol. The second-order valence-electron chi connectivity index (χ2n) is 6.49. The van der Waals surface area contributed by atoms with E-state index in [1.54, 1.807) is 31.2 Å². The van der Waals surface area contributed by atoms with Gasteiger partial charge in [-0.2, -0.15) is 0 Å². The summed E-state index contributed by atoms with van der Waals surface area (Å²) in [5.74, 6) is 2.03. The van der Waals surface area contributed by atoms with Crippen LogP contribution in [-0.4, -0.2) is 29.1 Å². The monoisotopic (exact) mass is 376 g/mol. The van der Waals surface area contributed by atoms with Crippen molar-refractivity contribution in [2.24, 2.45) is 0 Å². The Morgan fingerprint density at radius 1 is 0.929 bits per heavy atom. The highest BCUT2D eigenvalue weighted by Crippen LogP contribution is 2.32. The zero-order valence-electron chi connectivity index (χ0n) is 15.7. The number of nitrogens with zero attached hydrogens (tertiary/aromatic N) is 2. The van der Waals surface area contributed by atoms with E-state index in [0.717, 1.165) is 11.3 Å². The lowest BCUT2D eigenvalue weighted by Crippen LogP contribution is -2.17. The van der Waals surface area contributed by atoms with E-state index >= 15 is 0 Å². The van der Waals surface area contributed by atoms with Crippen LogP contribution in [0, 0.1) is 13.8 Å². The zero-order valence-corrected chi connectivity index (χ0v) is 15.7. The van der Waals surface area contributed by atoms with E-state index in [1.807, 2.05) is 31.2 Å². The maximum atomic E-state index is 12.7. The molecule has 0 spiro atoms. The third-order valence-electron chi connectivity index (χ3n) is 4.16. The summed E-state index contributed by atoms with van der Waals surface area (Å²) in [6.07, 6.45) is 0. The van der Waals surface area contributed by atoms with Crippen molar-refractivity contribution in [2.45, 2.75) is 13.8 Å². The molecular formula is C21H20N4O3. The highest BCUT2D eigenvalue weighted by Gasteiger charge is 2.15. The molecule has 142 valence electrons. The van der Waals surface area contributed by atoms with Gasteiger partial charge in [0.15, 0.2) is 11.5 Å². The number of hydrogen-bond acceptors (Lipinski definition) is 6. The van der Waals surface area contributed by atoms with Gasteiger partial charge in [0.1, 0.15) is 30.5 Å². The topological polar surface area (TPSA) is 85.4 Å². The molecule has 4 rings (SSSR count). The molecule has 0 bridgehead atoms. The average molecular weight is 376 g/mol. The Balaban J connectivity index is 1.53. The summed E-state index contributed by atoms with van der Waals surface area (Å²) < 4.78 is 11.1. The number of aryl methyl sites for hydroxylation is 2. The van der Waals surface area contributed by atoms with E-state index in [-0.39, 0.29) is 11.6 Å². The fraction of sp³-hybridized carbons (Fsp3) is 0.190. The molecule has 1 aromatic heterocycles. The van der Waals surface area contributed by atoms with Crippen molar-refractivity contribution >= 4 is 23.1 Å². The third kappa shape index (κ3) is 4.03. The number of fused-ring (bicyclic) bond motifs is 1. The molecule has 1 aliphatic heterocycles. The van der Waals surface area contributed by atoms with E-state index < -0.39 is 0 Å². The smallest absolute Gasteiger partial charge is 0.274 e. The number of nitrogens with one attached hydrogen (secondary N) is 2. The molecule has 0 saturated carbocycles. The van der Waals surface area contributed by atoms with Gasteiger partial charge in [-0.1, -0.05) is 12.1 Å². The van der Waals surface area contributed by atoms with Crippen molar-refractivity contribution in [3.8, 4) is 11.5 Å². The van der Waals surface area contributed by atoms with Gasteiger partial charge in [-0.3, -0.25) is 4.79 Å². The third-order valence-corrected chi connectivity index (χ3v) is 4.16. The standard InChI is InChI=1S/C21H20N4O3/c1-13-4-3-5-15(10-13)24-20-12-17(22-14(2)23-20)21(26)25-16-6-7-18-19(11-16)28-9-8-27-18/h3-7,10-12H,8-9H2,1-2H3,(H,25,26)(H,22,23,24). The van der Waals surface area contributed by atoms with Gasteiger partial charge in [-0.15, -0.1) is 0 Å². The van der Waals surface area contributed by atoms with Crippen molar-refractivity contribution in [1.82, 2.24) is 9.97 Å². The van der Waals surface area contributed by atoms with Crippen molar-refractivity contribution in [3.63, 3.8) is 0 Å². The summed E-state index contributed by atoms with van der Waals surface area (Å²) in [5.41, 5.74) is 2.92. The molecule has 1 aliphatic rings. The van der Waals surface area contributed by atoms with Crippen LogP contribution in [0.4, 0.5) is 17.2 Å². The number of benzene rings is 2. The molecule has 0 aliphatic carbocycles. The molecule has 1 amide bonds. The molecule has 0 radical (unpaired) electrons. The lowest BCUT2D eigenvalue weighted by Gasteiger charge is -2.19. The van der Waals surface area contributed by atoms with Gasteiger partial charge in [-0.25, -0.2) is 9.97 Å². The van der Waals surface area contributed by atoms with Crippen LogP contribution in [0.3, 0.4) is 0 Å². The number of ether oxygens (including phenoxy) is 2. The number of carbonyl (C=O) groups is 1. The summed E-state index contributed by atoms with van der Waals surface area (Å²) >= 11 is 0. The number of carbonyl (C=O) groups excluding carboxylic acids is 1. The van der Waals surface area contributed by atoms with Crippen molar-refractivity contribution in [1.29, 1.82) is 0 Å². The van der Waals surface area contributed by atoms with Gasteiger partial charge in [0.05, 0.1) is 0 Å². The first-order valence-electron chi connectivity index (χ1n) is 8.97. The minimum absolute atomic E-state index is 0.276. The summed E-state index contributed by atoms with van der Waals surface area (Å²) in [7, 11) is 0. The molecule has 28 heavy (non-hydrogen) atoms. The van der Waals surface area contributed by atoms with Crippen molar-refractivity contribution in [3.05, 3.63) is 65.6 Å². The summed E-state index contributed by atoms with van der Waals surface area (Å²) in [5, 5.41) is 6.06. The molecule has 0 unspecified atom stereocenters. The molecular weight excluding hydrogens is 356 g/mol. The fourth-order valence-electron chi connectivity index (χ4n) is 2.93. The van der Waals surface area contributed by atoms with Gasteiger partial charge in [0, 0.05) is 23.5 Å². The first-order valence-corrected chi connectivity index (χ1v) is 8.97. The molecule has 3 aromatic rings. The van der Waals surface area contributed by atoms with Crippen LogP contribution in [0.25, 0.3) is 0 Å². The summed E-state index contributed by atoms with van der Waals surface area (Å²) in [4.78, 5) is 21.3. The molecule has 2 aromatic carbocycles. The Kier molecular flexibility index (Phi) is 4.80. The van der Waals surface area contributed by atoms with Gasteiger partial charge in [-0.05, 0) is 43.7 Å². The Labute approximate surface area is 162 Å². The maximum absolute atomic E-state index is 12.7. The first-order chi connectivity index (χ1) is 13.6.